The van der Waals surface area contributed by atoms with Crippen LogP contribution in [0.15, 0.2) is 23.7 Å². The van der Waals surface area contributed by atoms with E-state index in [9.17, 15) is 0 Å². The Kier molecular flexibility index (Phi) is 6.86. The van der Waals surface area contributed by atoms with Crippen LogP contribution >= 0.6 is 0 Å². The van der Waals surface area contributed by atoms with Crippen molar-refractivity contribution in [3.05, 3.63) is 18.7 Å². The first-order valence-corrected chi connectivity index (χ1v) is 6.34. The summed E-state index contributed by atoms with van der Waals surface area (Å²) >= 11 is 0. The molecule has 0 saturated carbocycles. The second kappa shape index (κ2) is 8.61. The Labute approximate surface area is 103 Å². The van der Waals surface area contributed by atoms with Gasteiger partial charge in [-0.25, -0.2) is 4.98 Å². The molecule has 0 spiro atoms. The van der Waals surface area contributed by atoms with Crippen LogP contribution in [0.25, 0.3) is 0 Å². The largest absolute Gasteiger partial charge is 0.357 e. The van der Waals surface area contributed by atoms with Crippen LogP contribution in [0.1, 0.15) is 26.7 Å². The zero-order valence-corrected chi connectivity index (χ0v) is 10.8. The van der Waals surface area contributed by atoms with Crippen LogP contribution < -0.4 is 10.6 Å². The number of nitrogens with zero attached hydrogens (tertiary/aromatic N) is 3. The Morgan fingerprint density at radius 2 is 2.24 bits per heavy atom. The van der Waals surface area contributed by atoms with Crippen molar-refractivity contribution in [1.82, 2.24) is 20.2 Å². The highest BCUT2D eigenvalue weighted by molar-refractivity contribution is 5.79. The number of hydrogen-bond acceptors (Lipinski definition) is 2. The normalized spacial score (nSPS) is 11.5. The van der Waals surface area contributed by atoms with E-state index in [0.717, 1.165) is 38.6 Å². The van der Waals surface area contributed by atoms with Gasteiger partial charge in [0.15, 0.2) is 5.96 Å². The van der Waals surface area contributed by atoms with E-state index in [4.69, 9.17) is 0 Å². The first-order chi connectivity index (χ1) is 8.36. The van der Waals surface area contributed by atoms with Gasteiger partial charge in [0, 0.05) is 38.6 Å². The molecule has 0 saturated heterocycles. The van der Waals surface area contributed by atoms with Gasteiger partial charge in [0.2, 0.25) is 0 Å². The van der Waals surface area contributed by atoms with Crippen LogP contribution in [0.2, 0.25) is 0 Å². The molecule has 5 nitrogen and oxygen atoms in total. The average molecular weight is 237 g/mol. The zero-order chi connectivity index (χ0) is 12.3. The van der Waals surface area contributed by atoms with Gasteiger partial charge in [0.05, 0.1) is 6.33 Å². The molecular formula is C12H23N5. The van der Waals surface area contributed by atoms with Crippen molar-refractivity contribution >= 4 is 5.96 Å². The third-order valence-electron chi connectivity index (χ3n) is 2.35. The number of aromatic nitrogens is 2. The molecule has 2 N–H and O–H groups in total. The fourth-order valence-electron chi connectivity index (χ4n) is 1.41. The van der Waals surface area contributed by atoms with Gasteiger partial charge in [0.1, 0.15) is 0 Å². The number of aliphatic imine (C=N–C) groups is 1. The van der Waals surface area contributed by atoms with Crippen LogP contribution in [-0.2, 0) is 6.54 Å². The molecule has 5 heteroatoms. The zero-order valence-electron chi connectivity index (χ0n) is 10.8. The molecule has 17 heavy (non-hydrogen) atoms. The highest BCUT2D eigenvalue weighted by atomic mass is 15.2. The maximum absolute atomic E-state index is 4.49. The lowest BCUT2D eigenvalue weighted by Gasteiger charge is -2.11. The van der Waals surface area contributed by atoms with E-state index in [1.165, 1.54) is 6.42 Å². The molecule has 0 aliphatic rings. The Bertz CT molecular complexity index is 305. The standard InChI is InChI=1S/C12H23N5/c1-3-5-6-15-12(14-4-2)16-8-10-17-9-7-13-11-17/h7,9,11H,3-6,8,10H2,1-2H3,(H2,14,15,16). The SMILES string of the molecule is CCCCN=C(NCC)NCCn1ccnc1. The van der Waals surface area contributed by atoms with Gasteiger partial charge < -0.3 is 15.2 Å². The Morgan fingerprint density at radius 3 is 2.88 bits per heavy atom. The van der Waals surface area contributed by atoms with Crippen LogP contribution in [0, 0.1) is 0 Å². The predicted molar refractivity (Wildman–Crippen MR) is 71.1 cm³/mol. The van der Waals surface area contributed by atoms with Crippen molar-refractivity contribution in [2.45, 2.75) is 33.2 Å². The highest BCUT2D eigenvalue weighted by Crippen LogP contribution is 1.87. The fourth-order valence-corrected chi connectivity index (χ4v) is 1.41. The summed E-state index contributed by atoms with van der Waals surface area (Å²) in [5, 5.41) is 6.54. The summed E-state index contributed by atoms with van der Waals surface area (Å²) in [7, 11) is 0. The number of rotatable bonds is 7. The van der Waals surface area contributed by atoms with E-state index in [1.807, 2.05) is 17.1 Å². The van der Waals surface area contributed by atoms with Crippen molar-refractivity contribution in [2.75, 3.05) is 19.6 Å². The molecule has 1 heterocycles. The summed E-state index contributed by atoms with van der Waals surface area (Å²) in [6, 6.07) is 0. The summed E-state index contributed by atoms with van der Waals surface area (Å²) in [6.07, 6.45) is 7.89. The lowest BCUT2D eigenvalue weighted by atomic mass is 10.3. The van der Waals surface area contributed by atoms with E-state index in [0.29, 0.717) is 0 Å². The van der Waals surface area contributed by atoms with Crippen molar-refractivity contribution < 1.29 is 0 Å². The summed E-state index contributed by atoms with van der Waals surface area (Å²) in [5.41, 5.74) is 0. The van der Waals surface area contributed by atoms with Crippen LogP contribution in [-0.4, -0.2) is 35.1 Å². The summed E-state index contributed by atoms with van der Waals surface area (Å²) in [4.78, 5) is 8.50. The van der Waals surface area contributed by atoms with Gasteiger partial charge >= 0.3 is 0 Å². The van der Waals surface area contributed by atoms with E-state index in [-0.39, 0.29) is 0 Å². The minimum Gasteiger partial charge on any atom is -0.357 e. The molecule has 0 aliphatic heterocycles. The molecule has 0 radical (unpaired) electrons. The first-order valence-electron chi connectivity index (χ1n) is 6.34. The molecule has 0 aliphatic carbocycles. The molecule has 0 fully saturated rings. The highest BCUT2D eigenvalue weighted by Gasteiger charge is 1.96. The maximum atomic E-state index is 4.49. The number of guanidine groups is 1. The second-order valence-electron chi connectivity index (χ2n) is 3.84. The third-order valence-corrected chi connectivity index (χ3v) is 2.35. The monoisotopic (exact) mass is 237 g/mol. The summed E-state index contributed by atoms with van der Waals surface area (Å²) in [5.74, 6) is 0.904. The van der Waals surface area contributed by atoms with Crippen molar-refractivity contribution in [1.29, 1.82) is 0 Å². The van der Waals surface area contributed by atoms with Gasteiger partial charge in [-0.1, -0.05) is 13.3 Å². The van der Waals surface area contributed by atoms with E-state index >= 15 is 0 Å². The number of imidazole rings is 1. The Balaban J connectivity index is 2.25. The van der Waals surface area contributed by atoms with Gasteiger partial charge in [-0.3, -0.25) is 4.99 Å². The smallest absolute Gasteiger partial charge is 0.191 e. The van der Waals surface area contributed by atoms with Crippen LogP contribution in [0.3, 0.4) is 0 Å². The van der Waals surface area contributed by atoms with Gasteiger partial charge in [0.25, 0.3) is 0 Å². The minimum atomic E-state index is 0.855. The first kappa shape index (κ1) is 13.5. The van der Waals surface area contributed by atoms with Crippen LogP contribution in [0.4, 0.5) is 0 Å². The minimum absolute atomic E-state index is 0.855. The topological polar surface area (TPSA) is 54.2 Å². The Morgan fingerprint density at radius 1 is 1.35 bits per heavy atom. The average Bonchev–Trinajstić information content (AvgIpc) is 2.82. The maximum Gasteiger partial charge on any atom is 0.191 e. The molecular weight excluding hydrogens is 214 g/mol. The van der Waals surface area contributed by atoms with E-state index in [2.05, 4.69) is 34.5 Å². The number of unbranched alkanes of at least 4 members (excludes halogenated alkanes) is 1. The second-order valence-corrected chi connectivity index (χ2v) is 3.84. The molecule has 96 valence electrons. The number of nitrogens with one attached hydrogen (secondary N) is 2. The van der Waals surface area contributed by atoms with Crippen molar-refractivity contribution in [2.24, 2.45) is 4.99 Å². The lowest BCUT2D eigenvalue weighted by molar-refractivity contribution is 0.660. The molecule has 1 rings (SSSR count). The molecule has 1 aromatic heterocycles. The summed E-state index contributed by atoms with van der Waals surface area (Å²) < 4.78 is 2.04. The molecule has 0 bridgehead atoms. The lowest BCUT2D eigenvalue weighted by Crippen LogP contribution is -2.38. The summed E-state index contributed by atoms with van der Waals surface area (Å²) in [6.45, 7) is 7.79. The van der Waals surface area contributed by atoms with E-state index < -0.39 is 0 Å². The van der Waals surface area contributed by atoms with Gasteiger partial charge in [-0.15, -0.1) is 0 Å². The molecule has 0 amide bonds. The number of hydrogen-bond donors (Lipinski definition) is 2. The van der Waals surface area contributed by atoms with Crippen LogP contribution in [0.5, 0.6) is 0 Å². The van der Waals surface area contributed by atoms with Crippen molar-refractivity contribution in [3.8, 4) is 0 Å². The third kappa shape index (κ3) is 5.94. The predicted octanol–water partition coefficient (Wildman–Crippen LogP) is 1.24. The molecule has 0 aromatic carbocycles. The van der Waals surface area contributed by atoms with Gasteiger partial charge in [-0.05, 0) is 13.3 Å². The molecule has 1 aromatic rings. The quantitative estimate of drug-likeness (QED) is 0.426. The molecule has 0 unspecified atom stereocenters. The Hall–Kier alpha value is -1.52. The molecule has 0 atom stereocenters. The fraction of sp³-hybridized carbons (Fsp3) is 0.667. The van der Waals surface area contributed by atoms with E-state index in [1.54, 1.807) is 6.20 Å². The van der Waals surface area contributed by atoms with Crippen molar-refractivity contribution in [3.63, 3.8) is 0 Å². The van der Waals surface area contributed by atoms with Gasteiger partial charge in [-0.2, -0.15) is 0 Å².